The second-order valence-electron chi connectivity index (χ2n) is 7.14. The fraction of sp³-hybridized carbons (Fsp3) is 0.933. The van der Waals surface area contributed by atoms with Gasteiger partial charge in [-0.3, -0.25) is 4.79 Å². The van der Waals surface area contributed by atoms with Gasteiger partial charge in [0.15, 0.2) is 0 Å². The Hall–Kier alpha value is -0.650. The Balaban J connectivity index is 2.15. The van der Waals surface area contributed by atoms with Crippen molar-refractivity contribution >= 4 is 5.91 Å². The molecule has 1 saturated carbocycles. The van der Waals surface area contributed by atoms with Gasteiger partial charge < -0.3 is 20.9 Å². The molecule has 5 heteroatoms. The van der Waals surface area contributed by atoms with E-state index in [0.717, 1.165) is 19.4 Å². The Bertz CT molecular complexity index is 383. The third-order valence-electron chi connectivity index (χ3n) is 5.38. The van der Waals surface area contributed by atoms with Crippen molar-refractivity contribution in [3.63, 3.8) is 0 Å². The zero-order chi connectivity index (χ0) is 15.1. The van der Waals surface area contributed by atoms with Gasteiger partial charge in [0, 0.05) is 17.9 Å². The van der Waals surface area contributed by atoms with E-state index in [9.17, 15) is 9.90 Å². The molecule has 0 radical (unpaired) electrons. The molecule has 1 amide bonds. The molecule has 1 heterocycles. The summed E-state index contributed by atoms with van der Waals surface area (Å²) in [5.74, 6) is 0.105. The first kappa shape index (κ1) is 15.7. The van der Waals surface area contributed by atoms with E-state index < -0.39 is 5.54 Å². The first-order valence-electron chi connectivity index (χ1n) is 7.59. The molecule has 0 aromatic carbocycles. The third kappa shape index (κ3) is 2.07. The van der Waals surface area contributed by atoms with Gasteiger partial charge in [0.2, 0.25) is 5.91 Å². The average Bonchev–Trinajstić information content (AvgIpc) is 2.43. The number of aliphatic hydroxyl groups excluding tert-OH is 1. The van der Waals surface area contributed by atoms with Crippen molar-refractivity contribution in [2.45, 2.75) is 58.2 Å². The fourth-order valence-corrected chi connectivity index (χ4v) is 3.75. The number of nitrogens with two attached hydrogens (primary N) is 1. The molecule has 20 heavy (non-hydrogen) atoms. The number of fused-ring (bicyclic) bond motifs is 1. The minimum absolute atomic E-state index is 0.0650. The highest BCUT2D eigenvalue weighted by Crippen LogP contribution is 2.57. The zero-order valence-corrected chi connectivity index (χ0v) is 13.0. The summed E-state index contributed by atoms with van der Waals surface area (Å²) in [5.41, 5.74) is 5.23. The second-order valence-corrected chi connectivity index (χ2v) is 7.14. The summed E-state index contributed by atoms with van der Waals surface area (Å²) >= 11 is 0. The average molecular weight is 284 g/mol. The van der Waals surface area contributed by atoms with Crippen LogP contribution in [0.2, 0.25) is 0 Å². The van der Waals surface area contributed by atoms with E-state index in [1.54, 1.807) is 0 Å². The van der Waals surface area contributed by atoms with Crippen LogP contribution in [0.25, 0.3) is 0 Å². The number of hydrogen-bond acceptors (Lipinski definition) is 4. The molecule has 2 aliphatic rings. The largest absolute Gasteiger partial charge is 0.394 e. The molecular weight excluding hydrogens is 256 g/mol. The van der Waals surface area contributed by atoms with E-state index in [4.69, 9.17) is 10.5 Å². The predicted octanol–water partition coefficient (Wildman–Crippen LogP) is 0.652. The van der Waals surface area contributed by atoms with Crippen LogP contribution in [0.15, 0.2) is 0 Å². The van der Waals surface area contributed by atoms with Gasteiger partial charge in [-0.1, -0.05) is 27.7 Å². The summed E-state index contributed by atoms with van der Waals surface area (Å²) in [4.78, 5) is 12.7. The summed E-state index contributed by atoms with van der Waals surface area (Å²) in [5, 5.41) is 12.3. The van der Waals surface area contributed by atoms with Crippen molar-refractivity contribution in [1.29, 1.82) is 0 Å². The van der Waals surface area contributed by atoms with Crippen LogP contribution < -0.4 is 11.1 Å². The Morgan fingerprint density at radius 2 is 2.15 bits per heavy atom. The van der Waals surface area contributed by atoms with Crippen LogP contribution >= 0.6 is 0 Å². The number of rotatable bonds is 4. The summed E-state index contributed by atoms with van der Waals surface area (Å²) < 4.78 is 5.81. The zero-order valence-electron chi connectivity index (χ0n) is 13.0. The van der Waals surface area contributed by atoms with Gasteiger partial charge >= 0.3 is 0 Å². The van der Waals surface area contributed by atoms with E-state index in [2.05, 4.69) is 5.32 Å². The van der Waals surface area contributed by atoms with Crippen LogP contribution in [-0.2, 0) is 9.53 Å². The quantitative estimate of drug-likeness (QED) is 0.708. The van der Waals surface area contributed by atoms with Crippen molar-refractivity contribution in [3.05, 3.63) is 0 Å². The van der Waals surface area contributed by atoms with Crippen molar-refractivity contribution in [1.82, 2.24) is 5.32 Å². The lowest BCUT2D eigenvalue weighted by molar-refractivity contribution is -0.225. The summed E-state index contributed by atoms with van der Waals surface area (Å²) in [6, 6.07) is -0.248. The predicted molar refractivity (Wildman–Crippen MR) is 77.0 cm³/mol. The SMILES string of the molecule is CC(C)C(CO)NC(=O)C1(N)C2CCCOC2C1(C)C. The molecular formula is C15H28N2O3. The van der Waals surface area contributed by atoms with Crippen molar-refractivity contribution in [2.75, 3.05) is 13.2 Å². The lowest BCUT2D eigenvalue weighted by Crippen LogP contribution is -2.82. The van der Waals surface area contributed by atoms with E-state index >= 15 is 0 Å². The molecule has 0 spiro atoms. The summed E-state index contributed by atoms with van der Waals surface area (Å²) in [6.07, 6.45) is 1.96. The number of carbonyl (C=O) groups is 1. The van der Waals surface area contributed by atoms with E-state index in [1.165, 1.54) is 0 Å². The maximum atomic E-state index is 12.7. The van der Waals surface area contributed by atoms with Crippen LogP contribution in [0.4, 0.5) is 0 Å². The van der Waals surface area contributed by atoms with Gasteiger partial charge in [0.05, 0.1) is 18.8 Å². The van der Waals surface area contributed by atoms with E-state index in [-0.39, 0.29) is 41.9 Å². The number of nitrogens with one attached hydrogen (secondary N) is 1. The van der Waals surface area contributed by atoms with E-state index in [0.29, 0.717) is 0 Å². The normalized spacial score (nSPS) is 37.0. The van der Waals surface area contributed by atoms with Gasteiger partial charge in [-0.25, -0.2) is 0 Å². The molecule has 4 unspecified atom stereocenters. The van der Waals surface area contributed by atoms with E-state index in [1.807, 2.05) is 27.7 Å². The van der Waals surface area contributed by atoms with Crippen LogP contribution in [-0.4, -0.2) is 41.9 Å². The van der Waals surface area contributed by atoms with Crippen molar-refractivity contribution < 1.29 is 14.6 Å². The molecule has 1 saturated heterocycles. The van der Waals surface area contributed by atoms with Gasteiger partial charge in [0.1, 0.15) is 5.54 Å². The molecule has 1 aliphatic carbocycles. The first-order valence-corrected chi connectivity index (χ1v) is 7.59. The standard InChI is InChI=1S/C15H28N2O3/c1-9(2)11(8-18)17-13(19)15(16)10-6-5-7-20-12(10)14(15,3)4/h9-12,18H,5-8,16H2,1-4H3,(H,17,19). The number of carbonyl (C=O) groups excluding carboxylic acids is 1. The first-order chi connectivity index (χ1) is 9.26. The number of amides is 1. The molecule has 116 valence electrons. The Morgan fingerprint density at radius 3 is 2.70 bits per heavy atom. The highest BCUT2D eigenvalue weighted by Gasteiger charge is 2.70. The molecule has 1 aliphatic heterocycles. The highest BCUT2D eigenvalue weighted by atomic mass is 16.5. The molecule has 0 bridgehead atoms. The summed E-state index contributed by atoms with van der Waals surface area (Å²) in [7, 11) is 0. The van der Waals surface area contributed by atoms with Crippen LogP contribution in [0.5, 0.6) is 0 Å². The topological polar surface area (TPSA) is 84.6 Å². The summed E-state index contributed by atoms with van der Waals surface area (Å²) in [6.45, 7) is 8.65. The van der Waals surface area contributed by atoms with Crippen LogP contribution in [0, 0.1) is 17.3 Å². The minimum Gasteiger partial charge on any atom is -0.394 e. The highest BCUT2D eigenvalue weighted by molar-refractivity contribution is 5.89. The molecule has 0 aromatic rings. The lowest BCUT2D eigenvalue weighted by atomic mass is 9.46. The Labute approximate surface area is 121 Å². The number of hydrogen-bond donors (Lipinski definition) is 3. The third-order valence-corrected chi connectivity index (χ3v) is 5.38. The second kappa shape index (κ2) is 5.28. The van der Waals surface area contributed by atoms with Gasteiger partial charge in [0.25, 0.3) is 0 Å². The Kier molecular flexibility index (Phi) is 4.15. The number of aliphatic hydroxyl groups is 1. The molecule has 2 rings (SSSR count). The lowest BCUT2D eigenvalue weighted by Gasteiger charge is -2.65. The molecule has 4 N–H and O–H groups in total. The molecule has 0 aromatic heterocycles. The minimum atomic E-state index is -0.902. The molecule has 5 nitrogen and oxygen atoms in total. The monoisotopic (exact) mass is 284 g/mol. The fourth-order valence-electron chi connectivity index (χ4n) is 3.75. The Morgan fingerprint density at radius 1 is 1.50 bits per heavy atom. The maximum absolute atomic E-state index is 12.7. The molecule has 4 atom stereocenters. The van der Waals surface area contributed by atoms with Gasteiger partial charge in [-0.15, -0.1) is 0 Å². The molecule has 2 fully saturated rings. The van der Waals surface area contributed by atoms with Crippen LogP contribution in [0.1, 0.15) is 40.5 Å². The van der Waals surface area contributed by atoms with Gasteiger partial charge in [-0.05, 0) is 18.8 Å². The van der Waals surface area contributed by atoms with Gasteiger partial charge in [-0.2, -0.15) is 0 Å². The number of ether oxygens (including phenoxy) is 1. The van der Waals surface area contributed by atoms with Crippen molar-refractivity contribution in [3.8, 4) is 0 Å². The van der Waals surface area contributed by atoms with Crippen molar-refractivity contribution in [2.24, 2.45) is 23.0 Å². The smallest absolute Gasteiger partial charge is 0.241 e. The maximum Gasteiger partial charge on any atom is 0.241 e. The van der Waals surface area contributed by atoms with Crippen LogP contribution in [0.3, 0.4) is 0 Å².